The van der Waals surface area contributed by atoms with E-state index in [1.54, 1.807) is 0 Å². The van der Waals surface area contributed by atoms with Crippen LogP contribution >= 0.6 is 0 Å². The van der Waals surface area contributed by atoms with E-state index in [-0.39, 0.29) is 19.9 Å². The first-order valence-corrected chi connectivity index (χ1v) is 4.41. The van der Waals surface area contributed by atoms with Gasteiger partial charge < -0.3 is 20.7 Å². The third-order valence-corrected chi connectivity index (χ3v) is 1.88. The average molecular weight is 201 g/mol. The Morgan fingerprint density at radius 3 is 2.57 bits per heavy atom. The number of ether oxygens (including phenoxy) is 1. The number of imidazole rings is 1. The van der Waals surface area contributed by atoms with E-state index in [1.807, 2.05) is 6.92 Å². The van der Waals surface area contributed by atoms with E-state index in [0.717, 1.165) is 0 Å². The van der Waals surface area contributed by atoms with E-state index >= 15 is 0 Å². The molecule has 0 bridgehead atoms. The Labute approximate surface area is 81.9 Å². The predicted molar refractivity (Wildman–Crippen MR) is 49.4 cm³/mol. The molecule has 0 radical (unpaired) electrons. The quantitative estimate of drug-likeness (QED) is 0.579. The lowest BCUT2D eigenvalue weighted by molar-refractivity contribution is 0.248. The minimum Gasteiger partial charge on any atom is -0.465 e. The smallest absolute Gasteiger partial charge is 0.297 e. The van der Waals surface area contributed by atoms with Gasteiger partial charge in [-0.1, -0.05) is 0 Å². The van der Waals surface area contributed by atoms with Gasteiger partial charge in [0.05, 0.1) is 37.9 Å². The van der Waals surface area contributed by atoms with Crippen LogP contribution in [0.2, 0.25) is 0 Å². The molecule has 0 fully saturated rings. The standard InChI is InChI=1S/C8H15N3O3/c1-2-14-8-10-6(3-12)7(4-13)11(8)5-9/h12-13H,2-5,9H2,1H3. The molecular weight excluding hydrogens is 186 g/mol. The van der Waals surface area contributed by atoms with Gasteiger partial charge >= 0.3 is 0 Å². The van der Waals surface area contributed by atoms with Gasteiger partial charge in [-0.05, 0) is 6.92 Å². The number of aromatic nitrogens is 2. The highest BCUT2D eigenvalue weighted by Gasteiger charge is 2.15. The monoisotopic (exact) mass is 201 g/mol. The van der Waals surface area contributed by atoms with E-state index in [4.69, 9.17) is 20.7 Å². The zero-order valence-corrected chi connectivity index (χ0v) is 8.10. The molecule has 6 nitrogen and oxygen atoms in total. The van der Waals surface area contributed by atoms with E-state index in [2.05, 4.69) is 4.98 Å². The Hall–Kier alpha value is -1.11. The largest absolute Gasteiger partial charge is 0.465 e. The van der Waals surface area contributed by atoms with Crippen LogP contribution in [0.15, 0.2) is 0 Å². The summed E-state index contributed by atoms with van der Waals surface area (Å²) in [4.78, 5) is 4.01. The van der Waals surface area contributed by atoms with E-state index in [9.17, 15) is 0 Å². The molecule has 80 valence electrons. The van der Waals surface area contributed by atoms with Gasteiger partial charge in [0.1, 0.15) is 0 Å². The summed E-state index contributed by atoms with van der Waals surface area (Å²) in [6, 6.07) is 0.336. The average Bonchev–Trinajstić information content (AvgIpc) is 2.55. The van der Waals surface area contributed by atoms with Gasteiger partial charge in [-0.25, -0.2) is 0 Å². The van der Waals surface area contributed by atoms with Gasteiger partial charge in [-0.15, -0.1) is 0 Å². The molecule has 1 rings (SSSR count). The van der Waals surface area contributed by atoms with Crippen LogP contribution in [0.1, 0.15) is 18.3 Å². The molecule has 0 aliphatic heterocycles. The summed E-state index contributed by atoms with van der Waals surface area (Å²) < 4.78 is 6.74. The zero-order valence-electron chi connectivity index (χ0n) is 8.10. The first-order chi connectivity index (χ1) is 6.78. The number of aliphatic hydroxyl groups is 2. The number of rotatable bonds is 5. The topological polar surface area (TPSA) is 93.5 Å². The van der Waals surface area contributed by atoms with Crippen LogP contribution in [0, 0.1) is 0 Å². The van der Waals surface area contributed by atoms with Gasteiger partial charge in [0.25, 0.3) is 6.01 Å². The van der Waals surface area contributed by atoms with E-state index in [1.165, 1.54) is 4.57 Å². The number of nitrogens with two attached hydrogens (primary N) is 1. The number of hydrogen-bond acceptors (Lipinski definition) is 5. The molecule has 0 unspecified atom stereocenters. The van der Waals surface area contributed by atoms with Gasteiger partial charge in [0, 0.05) is 0 Å². The molecular formula is C8H15N3O3. The van der Waals surface area contributed by atoms with Crippen LogP contribution in [0.3, 0.4) is 0 Å². The molecule has 0 saturated heterocycles. The minimum absolute atomic E-state index is 0.165. The molecule has 14 heavy (non-hydrogen) atoms. The molecule has 0 atom stereocenters. The second-order valence-electron chi connectivity index (χ2n) is 2.65. The Kier molecular flexibility index (Phi) is 3.87. The van der Waals surface area contributed by atoms with Crippen molar-refractivity contribution in [2.45, 2.75) is 26.8 Å². The van der Waals surface area contributed by atoms with Crippen LogP contribution in [0.4, 0.5) is 0 Å². The molecule has 1 aromatic rings. The van der Waals surface area contributed by atoms with E-state index < -0.39 is 0 Å². The molecule has 6 heteroatoms. The van der Waals surface area contributed by atoms with Crippen molar-refractivity contribution in [3.63, 3.8) is 0 Å². The first kappa shape index (κ1) is 11.0. The number of aliphatic hydroxyl groups excluding tert-OH is 2. The summed E-state index contributed by atoms with van der Waals surface area (Å²) in [6.07, 6.45) is 0. The van der Waals surface area contributed by atoms with E-state index in [0.29, 0.717) is 24.0 Å². The van der Waals surface area contributed by atoms with Crippen LogP contribution in [0.5, 0.6) is 6.01 Å². The highest BCUT2D eigenvalue weighted by atomic mass is 16.5. The molecule has 0 saturated carbocycles. The van der Waals surface area contributed by atoms with Crippen LogP contribution in [-0.2, 0) is 19.9 Å². The molecule has 0 spiro atoms. The highest BCUT2D eigenvalue weighted by Crippen LogP contribution is 2.17. The SMILES string of the molecule is CCOc1nc(CO)c(CO)n1CN. The van der Waals surface area contributed by atoms with Gasteiger partial charge in [0.15, 0.2) is 0 Å². The second kappa shape index (κ2) is 4.94. The maximum atomic E-state index is 9.06. The van der Waals surface area contributed by atoms with Crippen molar-refractivity contribution in [2.24, 2.45) is 5.73 Å². The molecule has 1 heterocycles. The third kappa shape index (κ3) is 1.87. The van der Waals surface area contributed by atoms with Gasteiger partial charge in [-0.2, -0.15) is 4.98 Å². The Balaban J connectivity index is 3.10. The van der Waals surface area contributed by atoms with Crippen molar-refractivity contribution < 1.29 is 14.9 Å². The lowest BCUT2D eigenvalue weighted by Crippen LogP contribution is -2.13. The normalized spacial score (nSPS) is 10.6. The van der Waals surface area contributed by atoms with Crippen LogP contribution in [-0.4, -0.2) is 26.4 Å². The minimum atomic E-state index is -0.233. The predicted octanol–water partition coefficient (Wildman–Crippen LogP) is -0.817. The molecule has 4 N–H and O–H groups in total. The first-order valence-electron chi connectivity index (χ1n) is 4.41. The van der Waals surface area contributed by atoms with Crippen molar-refractivity contribution in [1.82, 2.24) is 9.55 Å². The fraction of sp³-hybridized carbons (Fsp3) is 0.625. The summed E-state index contributed by atoms with van der Waals surface area (Å²) >= 11 is 0. The third-order valence-electron chi connectivity index (χ3n) is 1.88. The van der Waals surface area contributed by atoms with Gasteiger partial charge in [-0.3, -0.25) is 4.57 Å². The summed E-state index contributed by atoms with van der Waals surface area (Å²) in [6.45, 7) is 2.01. The van der Waals surface area contributed by atoms with Crippen LogP contribution < -0.4 is 10.5 Å². The fourth-order valence-electron chi connectivity index (χ4n) is 1.24. The number of nitrogens with zero attached hydrogens (tertiary/aromatic N) is 2. The summed E-state index contributed by atoms with van der Waals surface area (Å²) in [5.41, 5.74) is 6.38. The number of hydrogen-bond donors (Lipinski definition) is 3. The molecule has 1 aromatic heterocycles. The van der Waals surface area contributed by atoms with Crippen molar-refractivity contribution in [1.29, 1.82) is 0 Å². The highest BCUT2D eigenvalue weighted by molar-refractivity contribution is 5.19. The fourth-order valence-corrected chi connectivity index (χ4v) is 1.24. The Bertz CT molecular complexity index is 298. The second-order valence-corrected chi connectivity index (χ2v) is 2.65. The maximum Gasteiger partial charge on any atom is 0.297 e. The lowest BCUT2D eigenvalue weighted by atomic mass is 10.3. The van der Waals surface area contributed by atoms with Crippen molar-refractivity contribution in [3.05, 3.63) is 11.4 Å². The molecule has 0 amide bonds. The van der Waals surface area contributed by atoms with Gasteiger partial charge in [0.2, 0.25) is 0 Å². The molecule has 0 aromatic carbocycles. The Morgan fingerprint density at radius 1 is 1.43 bits per heavy atom. The summed E-state index contributed by atoms with van der Waals surface area (Å²) in [5, 5.41) is 18.0. The molecule has 0 aliphatic carbocycles. The molecule has 0 aliphatic rings. The maximum absolute atomic E-state index is 9.06. The van der Waals surface area contributed by atoms with Crippen molar-refractivity contribution >= 4 is 0 Å². The van der Waals surface area contributed by atoms with Crippen molar-refractivity contribution in [3.8, 4) is 6.01 Å². The van der Waals surface area contributed by atoms with Crippen LogP contribution in [0.25, 0.3) is 0 Å². The summed E-state index contributed by atoms with van der Waals surface area (Å²) in [5.74, 6) is 0. The van der Waals surface area contributed by atoms with Crippen molar-refractivity contribution in [2.75, 3.05) is 6.61 Å². The summed E-state index contributed by atoms with van der Waals surface area (Å²) in [7, 11) is 0. The zero-order chi connectivity index (χ0) is 10.6. The Morgan fingerprint density at radius 2 is 2.14 bits per heavy atom. The lowest BCUT2D eigenvalue weighted by Gasteiger charge is -2.07.